The van der Waals surface area contributed by atoms with Crippen LogP contribution in [-0.4, -0.2) is 29.5 Å². The summed E-state index contributed by atoms with van der Waals surface area (Å²) in [6, 6.07) is 7.00. The average molecular weight is 311 g/mol. The van der Waals surface area contributed by atoms with Crippen LogP contribution in [0, 0.1) is 0 Å². The Morgan fingerprint density at radius 3 is 2.86 bits per heavy atom. The van der Waals surface area contributed by atoms with Crippen molar-refractivity contribution in [2.45, 2.75) is 38.7 Å². The van der Waals surface area contributed by atoms with Gasteiger partial charge in [0, 0.05) is 13.0 Å². The van der Waals surface area contributed by atoms with Crippen LogP contribution in [0.3, 0.4) is 0 Å². The molecule has 5 nitrogen and oxygen atoms in total. The fourth-order valence-corrected chi connectivity index (χ4v) is 2.33. The predicted octanol–water partition coefficient (Wildman–Crippen LogP) is 2.54. The second-order valence-electron chi connectivity index (χ2n) is 4.92. The van der Waals surface area contributed by atoms with Crippen molar-refractivity contribution in [3.05, 3.63) is 29.3 Å². The molecule has 0 bridgehead atoms. The number of halogens is 1. The van der Waals surface area contributed by atoms with Crippen molar-refractivity contribution in [3.63, 3.8) is 0 Å². The minimum atomic E-state index is -0.681. The summed E-state index contributed by atoms with van der Waals surface area (Å²) in [7, 11) is 0. The molecular weight excluding hydrogens is 292 g/mol. The zero-order chi connectivity index (χ0) is 15.2. The van der Waals surface area contributed by atoms with E-state index < -0.39 is 6.10 Å². The van der Waals surface area contributed by atoms with Gasteiger partial charge in [0.1, 0.15) is 5.75 Å². The van der Waals surface area contributed by atoms with E-state index in [4.69, 9.17) is 16.3 Å². The first kappa shape index (κ1) is 15.6. The van der Waals surface area contributed by atoms with E-state index >= 15 is 0 Å². The Morgan fingerprint density at radius 1 is 1.43 bits per heavy atom. The number of hydrogen-bond acceptors (Lipinski definition) is 3. The lowest BCUT2D eigenvalue weighted by molar-refractivity contribution is -0.146. The molecule has 2 amide bonds. The maximum atomic E-state index is 12.2. The zero-order valence-electron chi connectivity index (χ0n) is 12.0. The van der Waals surface area contributed by atoms with E-state index in [-0.39, 0.29) is 11.8 Å². The largest absolute Gasteiger partial charge is 0.479 e. The lowest BCUT2D eigenvalue weighted by atomic mass is 10.1. The van der Waals surface area contributed by atoms with Crippen LogP contribution in [0.5, 0.6) is 5.75 Å². The molecule has 1 atom stereocenters. The van der Waals surface area contributed by atoms with Crippen LogP contribution in [-0.2, 0) is 9.59 Å². The second-order valence-corrected chi connectivity index (χ2v) is 5.33. The van der Waals surface area contributed by atoms with Gasteiger partial charge in [-0.05, 0) is 31.4 Å². The second kappa shape index (κ2) is 7.31. The molecule has 1 N–H and O–H groups in total. The van der Waals surface area contributed by atoms with Crippen LogP contribution in [0.4, 0.5) is 0 Å². The molecule has 114 valence electrons. The topological polar surface area (TPSA) is 58.6 Å². The zero-order valence-corrected chi connectivity index (χ0v) is 12.7. The number of carbonyl (C=O) groups excluding carboxylic acids is 2. The van der Waals surface area contributed by atoms with Crippen molar-refractivity contribution in [3.8, 4) is 5.75 Å². The number of benzene rings is 1. The van der Waals surface area contributed by atoms with Crippen LogP contribution >= 0.6 is 11.6 Å². The lowest BCUT2D eigenvalue weighted by Gasteiger charge is -2.28. The summed E-state index contributed by atoms with van der Waals surface area (Å²) in [6.07, 6.45) is 2.05. The van der Waals surface area contributed by atoms with E-state index in [2.05, 4.69) is 5.43 Å². The molecule has 1 aliphatic rings. The van der Waals surface area contributed by atoms with E-state index in [1.165, 1.54) is 5.01 Å². The van der Waals surface area contributed by atoms with Gasteiger partial charge in [0.15, 0.2) is 6.10 Å². The van der Waals surface area contributed by atoms with E-state index in [0.29, 0.717) is 30.2 Å². The minimum Gasteiger partial charge on any atom is -0.479 e. The van der Waals surface area contributed by atoms with Crippen LogP contribution in [0.2, 0.25) is 5.02 Å². The molecule has 21 heavy (non-hydrogen) atoms. The van der Waals surface area contributed by atoms with Crippen molar-refractivity contribution in [2.75, 3.05) is 6.54 Å². The van der Waals surface area contributed by atoms with E-state index in [1.807, 2.05) is 6.92 Å². The first-order valence-electron chi connectivity index (χ1n) is 7.14. The number of ether oxygens (including phenoxy) is 1. The molecule has 0 unspecified atom stereocenters. The molecule has 2 rings (SSSR count). The van der Waals surface area contributed by atoms with Crippen LogP contribution in [0.15, 0.2) is 24.3 Å². The number of nitrogens with one attached hydrogen (secondary N) is 1. The third-order valence-electron chi connectivity index (χ3n) is 3.34. The summed E-state index contributed by atoms with van der Waals surface area (Å²) in [4.78, 5) is 23.9. The average Bonchev–Trinajstić information content (AvgIpc) is 2.48. The van der Waals surface area contributed by atoms with Crippen LogP contribution in [0.1, 0.15) is 32.6 Å². The number of carbonyl (C=O) groups is 2. The SMILES string of the molecule is CC[C@@H](Oc1ccccc1Cl)C(=O)NN1CCCCC1=O. The summed E-state index contributed by atoms with van der Waals surface area (Å²) in [5.41, 5.74) is 2.64. The van der Waals surface area contributed by atoms with Gasteiger partial charge in [0.25, 0.3) is 5.91 Å². The first-order chi connectivity index (χ1) is 10.1. The highest BCUT2D eigenvalue weighted by Crippen LogP contribution is 2.24. The van der Waals surface area contributed by atoms with E-state index in [1.54, 1.807) is 24.3 Å². The number of piperidine rings is 1. The maximum absolute atomic E-state index is 12.2. The van der Waals surface area contributed by atoms with Gasteiger partial charge >= 0.3 is 0 Å². The molecule has 1 saturated heterocycles. The van der Waals surface area contributed by atoms with Gasteiger partial charge in [-0.1, -0.05) is 30.7 Å². The Kier molecular flexibility index (Phi) is 5.44. The molecule has 1 aliphatic heterocycles. The smallest absolute Gasteiger partial charge is 0.279 e. The van der Waals surface area contributed by atoms with E-state index in [0.717, 1.165) is 12.8 Å². The molecule has 0 saturated carbocycles. The number of rotatable bonds is 5. The summed E-state index contributed by atoms with van der Waals surface area (Å²) in [6.45, 7) is 2.40. The summed E-state index contributed by atoms with van der Waals surface area (Å²) in [5.74, 6) is 0.0843. The summed E-state index contributed by atoms with van der Waals surface area (Å²) < 4.78 is 5.65. The molecule has 0 spiro atoms. The lowest BCUT2D eigenvalue weighted by Crippen LogP contribution is -2.52. The van der Waals surface area contributed by atoms with Gasteiger partial charge in [0.2, 0.25) is 5.91 Å². The number of hydrogen-bond donors (Lipinski definition) is 1. The van der Waals surface area contributed by atoms with Gasteiger partial charge in [-0.25, -0.2) is 0 Å². The van der Waals surface area contributed by atoms with Gasteiger partial charge in [-0.3, -0.25) is 20.0 Å². The molecule has 0 radical (unpaired) electrons. The molecule has 0 aliphatic carbocycles. The van der Waals surface area contributed by atoms with Crippen molar-refractivity contribution in [1.29, 1.82) is 0 Å². The van der Waals surface area contributed by atoms with Crippen molar-refractivity contribution in [1.82, 2.24) is 10.4 Å². The van der Waals surface area contributed by atoms with Crippen LogP contribution < -0.4 is 10.2 Å². The number of hydrazine groups is 1. The monoisotopic (exact) mass is 310 g/mol. The van der Waals surface area contributed by atoms with Gasteiger partial charge < -0.3 is 4.74 Å². The molecule has 1 aromatic rings. The predicted molar refractivity (Wildman–Crippen MR) is 79.9 cm³/mol. The fourth-order valence-electron chi connectivity index (χ4n) is 2.14. The molecule has 1 fully saturated rings. The Morgan fingerprint density at radius 2 is 2.19 bits per heavy atom. The van der Waals surface area contributed by atoms with Crippen molar-refractivity contribution in [2.24, 2.45) is 0 Å². The molecular formula is C15H19ClN2O3. The highest BCUT2D eigenvalue weighted by molar-refractivity contribution is 6.32. The maximum Gasteiger partial charge on any atom is 0.279 e. The van der Waals surface area contributed by atoms with Crippen LogP contribution in [0.25, 0.3) is 0 Å². The highest BCUT2D eigenvalue weighted by atomic mass is 35.5. The van der Waals surface area contributed by atoms with Gasteiger partial charge in [-0.2, -0.15) is 0 Å². The Bertz CT molecular complexity index is 521. The van der Waals surface area contributed by atoms with Gasteiger partial charge in [-0.15, -0.1) is 0 Å². The highest BCUT2D eigenvalue weighted by Gasteiger charge is 2.25. The number of para-hydroxylation sites is 1. The molecule has 1 heterocycles. The Balaban J connectivity index is 1.98. The third-order valence-corrected chi connectivity index (χ3v) is 3.65. The van der Waals surface area contributed by atoms with E-state index in [9.17, 15) is 9.59 Å². The summed E-state index contributed by atoms with van der Waals surface area (Å²) >= 11 is 6.02. The normalized spacial score (nSPS) is 16.5. The standard InChI is InChI=1S/C15H19ClN2O3/c1-2-12(21-13-8-4-3-7-11(13)16)15(20)17-18-10-6-5-9-14(18)19/h3-4,7-8,12H,2,5-6,9-10H2,1H3,(H,17,20)/t12-/m1/s1. The Labute approximate surface area is 129 Å². The number of nitrogens with zero attached hydrogens (tertiary/aromatic N) is 1. The third kappa shape index (κ3) is 4.11. The molecule has 0 aromatic heterocycles. The summed E-state index contributed by atoms with van der Waals surface area (Å²) in [5, 5.41) is 1.84. The van der Waals surface area contributed by atoms with Crippen molar-refractivity contribution >= 4 is 23.4 Å². The quantitative estimate of drug-likeness (QED) is 0.909. The Hall–Kier alpha value is -1.75. The fraction of sp³-hybridized carbons (Fsp3) is 0.467. The molecule has 1 aromatic carbocycles. The van der Waals surface area contributed by atoms with Crippen molar-refractivity contribution < 1.29 is 14.3 Å². The van der Waals surface area contributed by atoms with Gasteiger partial charge in [0.05, 0.1) is 5.02 Å². The minimum absolute atomic E-state index is 0.0535. The first-order valence-corrected chi connectivity index (χ1v) is 7.51. The molecule has 6 heteroatoms. The number of amides is 2.